The van der Waals surface area contributed by atoms with Crippen molar-refractivity contribution < 1.29 is 0 Å². The molecule has 0 bridgehead atoms. The number of thiophene rings is 1. The van der Waals surface area contributed by atoms with E-state index in [2.05, 4.69) is 32.3 Å². The number of rotatable bonds is 5. The molecule has 0 aromatic carbocycles. The van der Waals surface area contributed by atoms with Gasteiger partial charge in [0.1, 0.15) is 0 Å². The fraction of sp³-hybridized carbons (Fsp3) is 0.571. The third-order valence-electron chi connectivity index (χ3n) is 3.97. The van der Waals surface area contributed by atoms with Gasteiger partial charge in [0.05, 0.1) is 4.88 Å². The van der Waals surface area contributed by atoms with Crippen LogP contribution in [0.3, 0.4) is 0 Å². The molecule has 3 nitrogen and oxygen atoms in total. The van der Waals surface area contributed by atoms with Crippen LogP contribution >= 0.6 is 23.6 Å². The Kier molecular flexibility index (Phi) is 4.13. The molecule has 0 atom stereocenters. The van der Waals surface area contributed by atoms with E-state index in [0.717, 1.165) is 23.1 Å². The maximum absolute atomic E-state index is 5.34. The van der Waals surface area contributed by atoms with Crippen molar-refractivity contribution in [3.05, 3.63) is 22.3 Å². The van der Waals surface area contributed by atoms with Crippen LogP contribution < -0.4 is 0 Å². The van der Waals surface area contributed by atoms with E-state index in [-0.39, 0.29) is 0 Å². The van der Waals surface area contributed by atoms with Gasteiger partial charge in [0.15, 0.2) is 10.6 Å². The highest BCUT2D eigenvalue weighted by molar-refractivity contribution is 7.71. The van der Waals surface area contributed by atoms with Crippen molar-refractivity contribution in [3.8, 4) is 10.7 Å². The summed E-state index contributed by atoms with van der Waals surface area (Å²) in [6, 6.07) is 4.16. The van der Waals surface area contributed by atoms with Crippen molar-refractivity contribution in [1.82, 2.24) is 14.8 Å². The number of aromatic nitrogens is 3. The fourth-order valence-corrected chi connectivity index (χ4v) is 3.90. The van der Waals surface area contributed by atoms with Crippen LogP contribution in [0, 0.1) is 10.7 Å². The first-order valence-corrected chi connectivity index (χ1v) is 8.32. The number of aromatic amines is 1. The summed E-state index contributed by atoms with van der Waals surface area (Å²) in [5.74, 6) is 1.94. The molecule has 0 radical (unpaired) electrons. The van der Waals surface area contributed by atoms with Gasteiger partial charge in [0, 0.05) is 6.54 Å². The Morgan fingerprint density at radius 3 is 3.00 bits per heavy atom. The molecule has 2 aromatic rings. The normalized spacial score (nSPS) is 16.2. The van der Waals surface area contributed by atoms with E-state index in [1.165, 1.54) is 43.4 Å². The van der Waals surface area contributed by atoms with Crippen LogP contribution in [0.2, 0.25) is 0 Å². The molecule has 102 valence electrons. The van der Waals surface area contributed by atoms with Gasteiger partial charge in [-0.25, -0.2) is 0 Å². The molecule has 0 amide bonds. The standard InChI is InChI=1S/C14H19N3S2/c18-14-16-15-13(12-8-4-10-19-12)17(14)9-3-7-11-5-1-2-6-11/h4,8,10-11H,1-3,5-7,9H2,(H,16,18). The Labute approximate surface area is 122 Å². The summed E-state index contributed by atoms with van der Waals surface area (Å²) >= 11 is 7.06. The van der Waals surface area contributed by atoms with Crippen molar-refractivity contribution in [2.24, 2.45) is 5.92 Å². The summed E-state index contributed by atoms with van der Waals surface area (Å²) in [5, 5.41) is 9.37. The van der Waals surface area contributed by atoms with Crippen molar-refractivity contribution >= 4 is 23.6 Å². The zero-order chi connectivity index (χ0) is 13.1. The van der Waals surface area contributed by atoms with Gasteiger partial charge in [-0.05, 0) is 42.4 Å². The number of hydrogen-bond acceptors (Lipinski definition) is 3. The summed E-state index contributed by atoms with van der Waals surface area (Å²) in [6.07, 6.45) is 8.24. The summed E-state index contributed by atoms with van der Waals surface area (Å²) in [6.45, 7) is 0.985. The van der Waals surface area contributed by atoms with Gasteiger partial charge in [-0.1, -0.05) is 31.7 Å². The molecule has 2 heterocycles. The molecule has 1 fully saturated rings. The van der Waals surface area contributed by atoms with Crippen LogP contribution in [0.5, 0.6) is 0 Å². The third-order valence-corrected chi connectivity index (χ3v) is 5.15. The minimum atomic E-state index is 0.745. The van der Waals surface area contributed by atoms with Crippen molar-refractivity contribution in [2.75, 3.05) is 0 Å². The van der Waals surface area contributed by atoms with E-state index in [1.54, 1.807) is 11.3 Å². The molecule has 5 heteroatoms. The first-order valence-electron chi connectivity index (χ1n) is 7.03. The monoisotopic (exact) mass is 293 g/mol. The lowest BCUT2D eigenvalue weighted by Gasteiger charge is -2.09. The van der Waals surface area contributed by atoms with Crippen LogP contribution in [0.15, 0.2) is 17.5 Å². The molecule has 1 aliphatic rings. The smallest absolute Gasteiger partial charge is 0.195 e. The van der Waals surface area contributed by atoms with E-state index in [0.29, 0.717) is 0 Å². The zero-order valence-corrected chi connectivity index (χ0v) is 12.6. The molecule has 0 saturated heterocycles. The Morgan fingerprint density at radius 1 is 1.42 bits per heavy atom. The molecule has 0 unspecified atom stereocenters. The predicted molar refractivity (Wildman–Crippen MR) is 81.9 cm³/mol. The van der Waals surface area contributed by atoms with E-state index in [4.69, 9.17) is 12.2 Å². The average molecular weight is 293 g/mol. The molecule has 0 spiro atoms. The quantitative estimate of drug-likeness (QED) is 0.815. The predicted octanol–water partition coefficient (Wildman–Crippen LogP) is 4.64. The molecule has 1 N–H and O–H groups in total. The van der Waals surface area contributed by atoms with E-state index in [1.807, 2.05) is 0 Å². The Bertz CT molecular complexity index is 562. The second-order valence-electron chi connectivity index (χ2n) is 5.27. The highest BCUT2D eigenvalue weighted by atomic mass is 32.1. The second kappa shape index (κ2) is 6.01. The highest BCUT2D eigenvalue weighted by Gasteiger charge is 2.15. The topological polar surface area (TPSA) is 33.6 Å². The first kappa shape index (κ1) is 13.1. The van der Waals surface area contributed by atoms with Crippen molar-refractivity contribution in [3.63, 3.8) is 0 Å². The van der Waals surface area contributed by atoms with E-state index < -0.39 is 0 Å². The van der Waals surface area contributed by atoms with Gasteiger partial charge < -0.3 is 0 Å². The van der Waals surface area contributed by atoms with Crippen LogP contribution in [0.1, 0.15) is 38.5 Å². The Balaban J connectivity index is 1.67. The third kappa shape index (κ3) is 2.98. The Morgan fingerprint density at radius 2 is 2.26 bits per heavy atom. The van der Waals surface area contributed by atoms with Crippen LogP contribution in [0.4, 0.5) is 0 Å². The maximum atomic E-state index is 5.34. The summed E-state index contributed by atoms with van der Waals surface area (Å²) in [7, 11) is 0. The summed E-state index contributed by atoms with van der Waals surface area (Å²) in [5.41, 5.74) is 0. The van der Waals surface area contributed by atoms with Gasteiger partial charge in [-0.2, -0.15) is 5.10 Å². The molecular weight excluding hydrogens is 274 g/mol. The number of nitrogens with zero attached hydrogens (tertiary/aromatic N) is 2. The van der Waals surface area contributed by atoms with Crippen LogP contribution in [0.25, 0.3) is 10.7 Å². The van der Waals surface area contributed by atoms with Crippen LogP contribution in [-0.4, -0.2) is 14.8 Å². The number of hydrogen-bond donors (Lipinski definition) is 1. The summed E-state index contributed by atoms with van der Waals surface area (Å²) in [4.78, 5) is 1.19. The van der Waals surface area contributed by atoms with Crippen molar-refractivity contribution in [2.45, 2.75) is 45.1 Å². The molecular formula is C14H19N3S2. The van der Waals surface area contributed by atoms with E-state index in [9.17, 15) is 0 Å². The van der Waals surface area contributed by atoms with E-state index >= 15 is 0 Å². The highest BCUT2D eigenvalue weighted by Crippen LogP contribution is 2.29. The molecule has 2 aromatic heterocycles. The number of nitrogens with one attached hydrogen (secondary N) is 1. The van der Waals surface area contributed by atoms with Gasteiger partial charge in [-0.3, -0.25) is 9.67 Å². The van der Waals surface area contributed by atoms with Crippen molar-refractivity contribution in [1.29, 1.82) is 0 Å². The lowest BCUT2D eigenvalue weighted by Crippen LogP contribution is -2.03. The number of H-pyrrole nitrogens is 1. The minimum absolute atomic E-state index is 0.745. The molecule has 1 aliphatic carbocycles. The van der Waals surface area contributed by atoms with Gasteiger partial charge in [0.2, 0.25) is 0 Å². The fourth-order valence-electron chi connectivity index (χ4n) is 2.96. The van der Waals surface area contributed by atoms with Crippen LogP contribution in [-0.2, 0) is 6.54 Å². The zero-order valence-electron chi connectivity index (χ0n) is 11.0. The SMILES string of the molecule is S=c1[nH]nc(-c2cccs2)n1CCCC1CCCC1. The van der Waals surface area contributed by atoms with Gasteiger partial charge in [-0.15, -0.1) is 11.3 Å². The molecule has 1 saturated carbocycles. The van der Waals surface area contributed by atoms with Gasteiger partial charge in [0.25, 0.3) is 0 Å². The largest absolute Gasteiger partial charge is 0.299 e. The first-order chi connectivity index (χ1) is 9.34. The minimum Gasteiger partial charge on any atom is -0.299 e. The molecule has 19 heavy (non-hydrogen) atoms. The lowest BCUT2D eigenvalue weighted by molar-refractivity contribution is 0.458. The molecule has 3 rings (SSSR count). The second-order valence-corrected chi connectivity index (χ2v) is 6.61. The summed E-state index contributed by atoms with van der Waals surface area (Å²) < 4.78 is 2.89. The molecule has 0 aliphatic heterocycles. The maximum Gasteiger partial charge on any atom is 0.195 e. The lowest BCUT2D eigenvalue weighted by atomic mass is 10.0. The van der Waals surface area contributed by atoms with Gasteiger partial charge >= 0.3 is 0 Å². The Hall–Kier alpha value is -0.940. The average Bonchev–Trinajstić information content (AvgIpc) is 3.12.